The summed E-state index contributed by atoms with van der Waals surface area (Å²) in [6.45, 7) is 1.05. The van der Waals surface area contributed by atoms with E-state index >= 15 is 0 Å². The Bertz CT molecular complexity index is 1200. The summed E-state index contributed by atoms with van der Waals surface area (Å²) < 4.78 is 46.3. The molecule has 9 heteroatoms. The van der Waals surface area contributed by atoms with E-state index in [1.54, 1.807) is 30.3 Å². The molecule has 1 aliphatic rings. The second kappa shape index (κ2) is 10.3. The lowest BCUT2D eigenvalue weighted by atomic mass is 10.2. The number of hydrogen-bond acceptors (Lipinski definition) is 5. The largest absolute Gasteiger partial charge is 0.441 e. The predicted octanol–water partition coefficient (Wildman–Crippen LogP) is 4.62. The molecule has 0 radical (unpaired) electrons. The maximum atomic E-state index is 13.1. The van der Waals surface area contributed by atoms with Crippen molar-refractivity contribution in [3.05, 3.63) is 66.4 Å². The Morgan fingerprint density at radius 2 is 1.79 bits per heavy atom. The van der Waals surface area contributed by atoms with Crippen LogP contribution in [0.4, 0.5) is 10.1 Å². The van der Waals surface area contributed by atoms with E-state index in [1.165, 1.54) is 28.7 Å². The van der Waals surface area contributed by atoms with Crippen LogP contribution in [0.5, 0.6) is 0 Å². The molecule has 1 aromatic heterocycles. The molecule has 0 unspecified atom stereocenters. The van der Waals surface area contributed by atoms with Crippen LogP contribution < -0.4 is 5.32 Å². The molecule has 0 atom stereocenters. The number of hydrogen-bond donors (Lipinski definition) is 1. The van der Waals surface area contributed by atoms with Crippen LogP contribution in [0.3, 0.4) is 0 Å². The second-order valence-corrected chi connectivity index (χ2v) is 9.96. The van der Waals surface area contributed by atoms with Crippen LogP contribution in [-0.2, 0) is 21.2 Å². The molecule has 4 rings (SSSR count). The third-order valence-electron chi connectivity index (χ3n) is 5.57. The van der Waals surface area contributed by atoms with Gasteiger partial charge in [0.05, 0.1) is 11.1 Å². The number of aryl methyl sites for hydroxylation is 1. The van der Waals surface area contributed by atoms with Gasteiger partial charge in [-0.05, 0) is 55.3 Å². The van der Waals surface area contributed by atoms with Gasteiger partial charge in [-0.25, -0.2) is 17.8 Å². The first kappa shape index (κ1) is 23.1. The number of nitrogens with one attached hydrogen (secondary N) is 1. The summed E-state index contributed by atoms with van der Waals surface area (Å²) in [5.41, 5.74) is 1.12. The molecule has 1 amide bonds. The second-order valence-electron chi connectivity index (χ2n) is 8.02. The first-order chi connectivity index (χ1) is 15.9. The van der Waals surface area contributed by atoms with Crippen molar-refractivity contribution in [2.75, 3.05) is 18.4 Å². The van der Waals surface area contributed by atoms with Crippen molar-refractivity contribution in [3.8, 4) is 11.3 Å². The molecule has 0 saturated carbocycles. The Morgan fingerprint density at radius 1 is 1.06 bits per heavy atom. The number of nitrogens with zero attached hydrogens (tertiary/aromatic N) is 2. The zero-order valence-corrected chi connectivity index (χ0v) is 19.0. The zero-order valence-electron chi connectivity index (χ0n) is 18.2. The number of carbonyl (C=O) groups excluding carboxylic acids is 1. The standard InChI is InChI=1S/C24H26FN3O4S/c25-19-10-8-18(9-11-19)22-17-26-24(32-22)13-12-23(29)27-20-6-5-7-21(16-20)33(30,31)28-14-3-1-2-4-15-28/h5-11,16-17H,1-4,12-15H2,(H,27,29). The molecule has 33 heavy (non-hydrogen) atoms. The van der Waals surface area contributed by atoms with Crippen molar-refractivity contribution < 1.29 is 22.0 Å². The lowest BCUT2D eigenvalue weighted by Crippen LogP contribution is -2.32. The fraction of sp³-hybridized carbons (Fsp3) is 0.333. The highest BCUT2D eigenvalue weighted by molar-refractivity contribution is 7.89. The van der Waals surface area contributed by atoms with Crippen LogP contribution in [0.25, 0.3) is 11.3 Å². The maximum absolute atomic E-state index is 13.1. The molecule has 1 saturated heterocycles. The van der Waals surface area contributed by atoms with E-state index in [-0.39, 0.29) is 29.5 Å². The quantitative estimate of drug-likeness (QED) is 0.543. The summed E-state index contributed by atoms with van der Waals surface area (Å²) >= 11 is 0. The van der Waals surface area contributed by atoms with Crippen LogP contribution in [0, 0.1) is 5.82 Å². The molecule has 7 nitrogen and oxygen atoms in total. The van der Waals surface area contributed by atoms with Gasteiger partial charge in [-0.1, -0.05) is 18.9 Å². The van der Waals surface area contributed by atoms with Crippen molar-refractivity contribution >= 4 is 21.6 Å². The van der Waals surface area contributed by atoms with Gasteiger partial charge >= 0.3 is 0 Å². The van der Waals surface area contributed by atoms with E-state index < -0.39 is 10.0 Å². The van der Waals surface area contributed by atoms with Gasteiger partial charge in [0, 0.05) is 37.2 Å². The number of anilines is 1. The van der Waals surface area contributed by atoms with E-state index in [0.717, 1.165) is 25.7 Å². The number of sulfonamides is 1. The van der Waals surface area contributed by atoms with Gasteiger partial charge in [0.1, 0.15) is 5.82 Å². The number of aromatic nitrogens is 1. The van der Waals surface area contributed by atoms with Gasteiger partial charge < -0.3 is 9.73 Å². The van der Waals surface area contributed by atoms with Crippen molar-refractivity contribution in [2.45, 2.75) is 43.4 Å². The molecule has 0 spiro atoms. The van der Waals surface area contributed by atoms with Gasteiger partial charge in [-0.3, -0.25) is 4.79 Å². The summed E-state index contributed by atoms with van der Waals surface area (Å²) in [4.78, 5) is 16.8. The number of rotatable bonds is 7. The fourth-order valence-electron chi connectivity index (χ4n) is 3.78. The SMILES string of the molecule is O=C(CCc1ncc(-c2ccc(F)cc2)o1)Nc1cccc(S(=O)(=O)N2CCCCCC2)c1. The van der Waals surface area contributed by atoms with Crippen molar-refractivity contribution in [1.29, 1.82) is 0 Å². The smallest absolute Gasteiger partial charge is 0.243 e. The van der Waals surface area contributed by atoms with Gasteiger partial charge in [0.15, 0.2) is 11.7 Å². The van der Waals surface area contributed by atoms with Crippen molar-refractivity contribution in [3.63, 3.8) is 0 Å². The molecule has 2 heterocycles. The minimum absolute atomic E-state index is 0.118. The average molecular weight is 472 g/mol. The lowest BCUT2D eigenvalue weighted by molar-refractivity contribution is -0.116. The maximum Gasteiger partial charge on any atom is 0.243 e. The van der Waals surface area contributed by atoms with Crippen molar-refractivity contribution in [2.24, 2.45) is 0 Å². The predicted molar refractivity (Wildman–Crippen MR) is 123 cm³/mol. The minimum Gasteiger partial charge on any atom is -0.441 e. The molecule has 1 N–H and O–H groups in total. The fourth-order valence-corrected chi connectivity index (χ4v) is 5.35. The summed E-state index contributed by atoms with van der Waals surface area (Å²) in [7, 11) is -3.59. The van der Waals surface area contributed by atoms with Crippen LogP contribution in [0.2, 0.25) is 0 Å². The van der Waals surface area contributed by atoms with Gasteiger partial charge in [-0.2, -0.15) is 4.31 Å². The first-order valence-corrected chi connectivity index (χ1v) is 12.5. The molecule has 1 aliphatic heterocycles. The topological polar surface area (TPSA) is 92.5 Å². The Balaban J connectivity index is 1.36. The number of oxazole rings is 1. The summed E-state index contributed by atoms with van der Waals surface area (Å²) in [5, 5.41) is 2.75. The monoisotopic (exact) mass is 471 g/mol. The van der Waals surface area contributed by atoms with E-state index in [0.29, 0.717) is 36.0 Å². The van der Waals surface area contributed by atoms with E-state index in [2.05, 4.69) is 10.3 Å². The summed E-state index contributed by atoms with van der Waals surface area (Å²) in [6, 6.07) is 12.2. The first-order valence-electron chi connectivity index (χ1n) is 11.0. The number of carbonyl (C=O) groups is 1. The summed E-state index contributed by atoms with van der Waals surface area (Å²) in [5.74, 6) is 0.276. The Labute approximate surface area is 192 Å². The van der Waals surface area contributed by atoms with E-state index in [4.69, 9.17) is 4.42 Å². The normalized spacial score (nSPS) is 15.2. The van der Waals surface area contributed by atoms with Crippen LogP contribution in [0.1, 0.15) is 38.0 Å². The van der Waals surface area contributed by atoms with E-state index in [9.17, 15) is 17.6 Å². The molecular weight excluding hydrogens is 445 g/mol. The Kier molecular flexibility index (Phi) is 7.20. The van der Waals surface area contributed by atoms with Crippen LogP contribution in [0.15, 0.2) is 64.0 Å². The highest BCUT2D eigenvalue weighted by atomic mass is 32.2. The Hall–Kier alpha value is -3.04. The van der Waals surface area contributed by atoms with Gasteiger partial charge in [-0.15, -0.1) is 0 Å². The lowest BCUT2D eigenvalue weighted by Gasteiger charge is -2.20. The molecule has 0 bridgehead atoms. The third kappa shape index (κ3) is 5.85. The minimum atomic E-state index is -3.59. The average Bonchev–Trinajstić information content (AvgIpc) is 3.10. The molecule has 0 aliphatic carbocycles. The highest BCUT2D eigenvalue weighted by Gasteiger charge is 2.25. The van der Waals surface area contributed by atoms with Crippen LogP contribution in [-0.4, -0.2) is 36.7 Å². The molecular formula is C24H26FN3O4S. The Morgan fingerprint density at radius 3 is 2.52 bits per heavy atom. The van der Waals surface area contributed by atoms with Gasteiger partial charge in [0.2, 0.25) is 15.9 Å². The molecule has 174 valence electrons. The highest BCUT2D eigenvalue weighted by Crippen LogP contribution is 2.24. The third-order valence-corrected chi connectivity index (χ3v) is 7.46. The number of benzene rings is 2. The molecule has 3 aromatic rings. The van der Waals surface area contributed by atoms with Gasteiger partial charge in [0.25, 0.3) is 0 Å². The zero-order chi connectivity index (χ0) is 23.3. The number of halogens is 1. The summed E-state index contributed by atoms with van der Waals surface area (Å²) in [6.07, 6.45) is 5.73. The molecule has 1 fully saturated rings. The molecule has 2 aromatic carbocycles. The van der Waals surface area contributed by atoms with Crippen LogP contribution >= 0.6 is 0 Å². The number of amides is 1. The van der Waals surface area contributed by atoms with Crippen molar-refractivity contribution in [1.82, 2.24) is 9.29 Å². The van der Waals surface area contributed by atoms with E-state index in [1.807, 2.05) is 0 Å².